The predicted octanol–water partition coefficient (Wildman–Crippen LogP) is 2.03. The summed E-state index contributed by atoms with van der Waals surface area (Å²) in [5.41, 5.74) is 1.96. The number of nitrogens with zero attached hydrogens (tertiary/aromatic N) is 5. The summed E-state index contributed by atoms with van der Waals surface area (Å²) in [7, 11) is 0. The number of aryl methyl sites for hydroxylation is 2. The molecule has 1 amide bonds. The first-order valence-electron chi connectivity index (χ1n) is 12.0. The van der Waals surface area contributed by atoms with E-state index in [0.29, 0.717) is 49.3 Å². The Morgan fingerprint density at radius 1 is 1.21 bits per heavy atom. The SMILES string of the molecule is CCN1CCN(C(=O)c2cc3c(=O)n4cccc(C)c4nc3n(CCCOC(C)C)c2=N)CC1. The summed E-state index contributed by atoms with van der Waals surface area (Å²) in [6.07, 6.45) is 2.45. The van der Waals surface area contributed by atoms with Gasteiger partial charge in [-0.1, -0.05) is 13.0 Å². The molecule has 0 unspecified atom stereocenters. The molecular formula is C25H34N6O3. The summed E-state index contributed by atoms with van der Waals surface area (Å²) < 4.78 is 8.89. The Labute approximate surface area is 199 Å². The van der Waals surface area contributed by atoms with E-state index in [1.807, 2.05) is 32.9 Å². The molecule has 0 atom stereocenters. The van der Waals surface area contributed by atoms with Crippen molar-refractivity contribution in [3.05, 3.63) is 51.4 Å². The van der Waals surface area contributed by atoms with Gasteiger partial charge in [0.2, 0.25) is 0 Å². The largest absolute Gasteiger partial charge is 0.379 e. The fraction of sp³-hybridized carbons (Fsp3) is 0.520. The zero-order valence-electron chi connectivity index (χ0n) is 20.5. The van der Waals surface area contributed by atoms with E-state index in [9.17, 15) is 9.59 Å². The summed E-state index contributed by atoms with van der Waals surface area (Å²) in [5.74, 6) is -0.205. The molecule has 0 saturated carbocycles. The lowest BCUT2D eigenvalue weighted by Crippen LogP contribution is -2.49. The van der Waals surface area contributed by atoms with Crippen molar-refractivity contribution in [3.63, 3.8) is 0 Å². The number of rotatable bonds is 7. The highest BCUT2D eigenvalue weighted by Gasteiger charge is 2.25. The van der Waals surface area contributed by atoms with Gasteiger partial charge in [-0.25, -0.2) is 4.98 Å². The number of fused-ring (bicyclic) bond motifs is 2. The maximum Gasteiger partial charge on any atom is 0.267 e. The lowest BCUT2D eigenvalue weighted by atomic mass is 10.1. The standard InChI is InChI=1S/C25H34N6O3/c1-5-28-11-13-29(14-12-28)24(32)19-16-20-23(30(21(19)26)10-7-15-34-17(2)3)27-22-18(4)8-6-9-31(22)25(20)33/h6,8-9,16-17,26H,5,7,10-15H2,1-4H3. The Kier molecular flexibility index (Phi) is 7.13. The summed E-state index contributed by atoms with van der Waals surface area (Å²) in [4.78, 5) is 35.8. The number of ether oxygens (including phenoxy) is 1. The molecule has 0 aliphatic carbocycles. The molecule has 1 fully saturated rings. The molecule has 9 nitrogen and oxygen atoms in total. The quantitative estimate of drug-likeness (QED) is 0.425. The number of likely N-dealkylation sites (N-methyl/N-ethyl adjacent to an activating group) is 1. The van der Waals surface area contributed by atoms with Crippen molar-refractivity contribution in [2.24, 2.45) is 0 Å². The van der Waals surface area contributed by atoms with Gasteiger partial charge in [0, 0.05) is 45.5 Å². The molecule has 4 heterocycles. The van der Waals surface area contributed by atoms with Crippen LogP contribution in [-0.2, 0) is 11.3 Å². The third-order valence-corrected chi connectivity index (χ3v) is 6.45. The third-order valence-electron chi connectivity index (χ3n) is 6.45. The zero-order chi connectivity index (χ0) is 24.4. The minimum Gasteiger partial charge on any atom is -0.379 e. The lowest BCUT2D eigenvalue weighted by molar-refractivity contribution is 0.0640. The van der Waals surface area contributed by atoms with Crippen LogP contribution < -0.4 is 11.0 Å². The number of amides is 1. The molecule has 3 aromatic rings. The highest BCUT2D eigenvalue weighted by atomic mass is 16.5. The summed E-state index contributed by atoms with van der Waals surface area (Å²) in [6.45, 7) is 12.7. The molecular weight excluding hydrogens is 432 g/mol. The first kappa shape index (κ1) is 24.1. The number of nitrogens with one attached hydrogen (secondary N) is 1. The van der Waals surface area contributed by atoms with Gasteiger partial charge in [0.15, 0.2) is 0 Å². The first-order valence-corrected chi connectivity index (χ1v) is 12.0. The Morgan fingerprint density at radius 3 is 2.62 bits per heavy atom. The number of hydrogen-bond donors (Lipinski definition) is 1. The second-order valence-electron chi connectivity index (χ2n) is 9.10. The van der Waals surface area contributed by atoms with Crippen LogP contribution in [0.15, 0.2) is 29.2 Å². The molecule has 1 saturated heterocycles. The number of aromatic nitrogens is 3. The smallest absolute Gasteiger partial charge is 0.267 e. The zero-order valence-corrected chi connectivity index (χ0v) is 20.5. The van der Waals surface area contributed by atoms with Crippen molar-refractivity contribution in [2.45, 2.75) is 46.8 Å². The van der Waals surface area contributed by atoms with Crippen molar-refractivity contribution < 1.29 is 9.53 Å². The highest BCUT2D eigenvalue weighted by Crippen LogP contribution is 2.15. The maximum absolute atomic E-state index is 13.5. The Balaban J connectivity index is 1.83. The van der Waals surface area contributed by atoms with Crippen molar-refractivity contribution in [1.29, 1.82) is 5.41 Å². The van der Waals surface area contributed by atoms with Crippen LogP contribution in [0.3, 0.4) is 0 Å². The van der Waals surface area contributed by atoms with Crippen LogP contribution in [0.4, 0.5) is 0 Å². The molecule has 34 heavy (non-hydrogen) atoms. The van der Waals surface area contributed by atoms with E-state index >= 15 is 0 Å². The summed E-state index contributed by atoms with van der Waals surface area (Å²) >= 11 is 0. The maximum atomic E-state index is 13.5. The fourth-order valence-corrected chi connectivity index (χ4v) is 4.46. The first-order chi connectivity index (χ1) is 16.3. The van der Waals surface area contributed by atoms with E-state index in [4.69, 9.17) is 15.1 Å². The van der Waals surface area contributed by atoms with Gasteiger partial charge in [0.05, 0.1) is 17.1 Å². The number of carbonyl (C=O) groups excluding carboxylic acids is 1. The number of piperazine rings is 1. The van der Waals surface area contributed by atoms with Crippen LogP contribution in [0.2, 0.25) is 0 Å². The molecule has 4 rings (SSSR count). The topological polar surface area (TPSA) is 95.9 Å². The van der Waals surface area contributed by atoms with E-state index in [-0.39, 0.29) is 28.6 Å². The van der Waals surface area contributed by atoms with Gasteiger partial charge in [-0.2, -0.15) is 0 Å². The molecule has 182 valence electrons. The van der Waals surface area contributed by atoms with E-state index in [0.717, 1.165) is 25.2 Å². The van der Waals surface area contributed by atoms with Crippen LogP contribution in [0.5, 0.6) is 0 Å². The van der Waals surface area contributed by atoms with Gasteiger partial charge in [-0.05, 0) is 51.4 Å². The van der Waals surface area contributed by atoms with Crippen LogP contribution in [0.1, 0.15) is 43.1 Å². The van der Waals surface area contributed by atoms with Gasteiger partial charge in [0.1, 0.15) is 16.8 Å². The average molecular weight is 467 g/mol. The monoisotopic (exact) mass is 466 g/mol. The van der Waals surface area contributed by atoms with Gasteiger partial charge in [0.25, 0.3) is 11.5 Å². The van der Waals surface area contributed by atoms with Gasteiger partial charge >= 0.3 is 0 Å². The molecule has 0 bridgehead atoms. The number of carbonyl (C=O) groups is 1. The highest BCUT2D eigenvalue weighted by molar-refractivity contribution is 5.97. The lowest BCUT2D eigenvalue weighted by Gasteiger charge is -2.34. The summed E-state index contributed by atoms with van der Waals surface area (Å²) in [5, 5.41) is 9.27. The average Bonchev–Trinajstić information content (AvgIpc) is 2.83. The van der Waals surface area contributed by atoms with E-state index in [1.165, 1.54) is 4.40 Å². The molecule has 0 aromatic carbocycles. The third kappa shape index (κ3) is 4.63. The summed E-state index contributed by atoms with van der Waals surface area (Å²) in [6, 6.07) is 5.29. The molecule has 1 aliphatic rings. The number of hydrogen-bond acceptors (Lipinski definition) is 6. The molecule has 0 radical (unpaired) electrons. The van der Waals surface area contributed by atoms with Crippen molar-refractivity contribution in [1.82, 2.24) is 23.8 Å². The predicted molar refractivity (Wildman–Crippen MR) is 131 cm³/mol. The molecule has 9 heteroatoms. The minimum absolute atomic E-state index is 0.0878. The Bertz CT molecular complexity index is 1320. The minimum atomic E-state index is -0.235. The van der Waals surface area contributed by atoms with Crippen molar-refractivity contribution in [3.8, 4) is 0 Å². The van der Waals surface area contributed by atoms with Crippen molar-refractivity contribution in [2.75, 3.05) is 39.3 Å². The molecule has 0 spiro atoms. The normalized spacial score (nSPS) is 15.0. The Hall–Kier alpha value is -3.04. The van der Waals surface area contributed by atoms with Crippen LogP contribution in [0.25, 0.3) is 16.7 Å². The molecule has 1 N–H and O–H groups in total. The number of pyridine rings is 2. The Morgan fingerprint density at radius 2 is 1.94 bits per heavy atom. The fourth-order valence-electron chi connectivity index (χ4n) is 4.46. The second kappa shape index (κ2) is 10.1. The van der Waals surface area contributed by atoms with E-state index in [2.05, 4.69) is 11.8 Å². The van der Waals surface area contributed by atoms with Crippen molar-refractivity contribution >= 4 is 22.6 Å². The van der Waals surface area contributed by atoms with E-state index < -0.39 is 0 Å². The molecule has 3 aromatic heterocycles. The van der Waals surface area contributed by atoms with Gasteiger partial charge in [-0.3, -0.25) is 19.4 Å². The van der Waals surface area contributed by atoms with Crippen LogP contribution in [-0.4, -0.2) is 75.1 Å². The second-order valence-corrected chi connectivity index (χ2v) is 9.10. The van der Waals surface area contributed by atoms with Crippen LogP contribution >= 0.6 is 0 Å². The van der Waals surface area contributed by atoms with E-state index in [1.54, 1.807) is 21.7 Å². The van der Waals surface area contributed by atoms with Gasteiger partial charge < -0.3 is 19.1 Å². The molecule has 1 aliphatic heterocycles. The van der Waals surface area contributed by atoms with Crippen LogP contribution in [0, 0.1) is 12.3 Å². The van der Waals surface area contributed by atoms with Gasteiger partial charge in [-0.15, -0.1) is 0 Å².